The lowest BCUT2D eigenvalue weighted by Crippen LogP contribution is -2.44. The lowest BCUT2D eigenvalue weighted by atomic mass is 9.91. The van der Waals surface area contributed by atoms with Crippen molar-refractivity contribution in [2.75, 3.05) is 0 Å². The molecule has 1 aliphatic rings. The molecule has 1 heterocycles. The van der Waals surface area contributed by atoms with E-state index < -0.39 is 5.66 Å². The third-order valence-corrected chi connectivity index (χ3v) is 4.15. The van der Waals surface area contributed by atoms with Crippen molar-refractivity contribution in [3.8, 4) is 0 Å². The van der Waals surface area contributed by atoms with Gasteiger partial charge in [0.25, 0.3) is 0 Å². The standard InChI is InChI=1S/C21H17N3/c1-4-10-17(11-5-1)20-22-16-23-21(24-20,18-12-6-2-7-13-18)19-14-8-3-9-15-19/h1-16H,(H,22,23,24). The van der Waals surface area contributed by atoms with Crippen LogP contribution in [0.15, 0.2) is 101 Å². The first kappa shape index (κ1) is 14.4. The van der Waals surface area contributed by atoms with Crippen LogP contribution < -0.4 is 5.32 Å². The Hall–Kier alpha value is -3.20. The maximum absolute atomic E-state index is 5.03. The largest absolute Gasteiger partial charge is 0.344 e. The number of nitrogens with zero attached hydrogens (tertiary/aromatic N) is 2. The highest BCUT2D eigenvalue weighted by Crippen LogP contribution is 2.33. The van der Waals surface area contributed by atoms with Gasteiger partial charge < -0.3 is 5.32 Å². The number of aliphatic imine (C=N–C) groups is 2. The molecule has 0 saturated heterocycles. The first-order valence-corrected chi connectivity index (χ1v) is 7.95. The molecular formula is C21H17N3. The molecule has 0 aromatic heterocycles. The van der Waals surface area contributed by atoms with Crippen LogP contribution in [0, 0.1) is 0 Å². The number of hydrogen-bond donors (Lipinski definition) is 1. The molecule has 116 valence electrons. The summed E-state index contributed by atoms with van der Waals surface area (Å²) in [6.07, 6.45) is 1.75. The van der Waals surface area contributed by atoms with E-state index in [1.165, 1.54) is 0 Å². The molecule has 0 radical (unpaired) electrons. The zero-order valence-corrected chi connectivity index (χ0v) is 13.1. The highest BCUT2D eigenvalue weighted by atomic mass is 15.2. The van der Waals surface area contributed by atoms with E-state index in [9.17, 15) is 0 Å². The van der Waals surface area contributed by atoms with E-state index in [0.717, 1.165) is 22.5 Å². The van der Waals surface area contributed by atoms with Crippen molar-refractivity contribution in [3.05, 3.63) is 108 Å². The van der Waals surface area contributed by atoms with Gasteiger partial charge >= 0.3 is 0 Å². The summed E-state index contributed by atoms with van der Waals surface area (Å²) in [7, 11) is 0. The molecule has 0 amide bonds. The predicted molar refractivity (Wildman–Crippen MR) is 98.3 cm³/mol. The second-order valence-electron chi connectivity index (χ2n) is 5.65. The first-order chi connectivity index (χ1) is 11.9. The monoisotopic (exact) mass is 311 g/mol. The first-order valence-electron chi connectivity index (χ1n) is 7.95. The van der Waals surface area contributed by atoms with Crippen LogP contribution in [0.2, 0.25) is 0 Å². The second kappa shape index (κ2) is 6.13. The zero-order valence-electron chi connectivity index (χ0n) is 13.1. The second-order valence-corrected chi connectivity index (χ2v) is 5.65. The van der Waals surface area contributed by atoms with E-state index in [1.54, 1.807) is 6.34 Å². The molecule has 0 fully saturated rings. The van der Waals surface area contributed by atoms with Crippen molar-refractivity contribution >= 4 is 12.2 Å². The molecule has 4 rings (SSSR count). The quantitative estimate of drug-likeness (QED) is 0.781. The lowest BCUT2D eigenvalue weighted by molar-refractivity contribution is 0.503. The van der Waals surface area contributed by atoms with Crippen LogP contribution in [0.5, 0.6) is 0 Å². The molecule has 24 heavy (non-hydrogen) atoms. The third kappa shape index (κ3) is 2.50. The van der Waals surface area contributed by atoms with E-state index in [-0.39, 0.29) is 0 Å². The molecule has 0 unspecified atom stereocenters. The van der Waals surface area contributed by atoms with Crippen LogP contribution in [-0.2, 0) is 5.66 Å². The van der Waals surface area contributed by atoms with Gasteiger partial charge in [-0.1, -0.05) is 91.0 Å². The van der Waals surface area contributed by atoms with Gasteiger partial charge in [0.2, 0.25) is 0 Å². The van der Waals surface area contributed by atoms with Crippen LogP contribution >= 0.6 is 0 Å². The van der Waals surface area contributed by atoms with Crippen molar-refractivity contribution in [3.63, 3.8) is 0 Å². The van der Waals surface area contributed by atoms with Crippen molar-refractivity contribution in [1.29, 1.82) is 0 Å². The van der Waals surface area contributed by atoms with Gasteiger partial charge in [0.1, 0.15) is 0 Å². The maximum Gasteiger partial charge on any atom is 0.184 e. The molecular weight excluding hydrogens is 294 g/mol. The molecule has 1 N–H and O–H groups in total. The van der Waals surface area contributed by atoms with Gasteiger partial charge in [-0.3, -0.25) is 0 Å². The molecule has 1 aliphatic heterocycles. The summed E-state index contributed by atoms with van der Waals surface area (Å²) >= 11 is 0. The van der Waals surface area contributed by atoms with Crippen molar-refractivity contribution < 1.29 is 0 Å². The van der Waals surface area contributed by atoms with Crippen LogP contribution in [0.3, 0.4) is 0 Å². The van der Waals surface area contributed by atoms with E-state index in [4.69, 9.17) is 4.99 Å². The summed E-state index contributed by atoms with van der Waals surface area (Å²) in [5.74, 6) is 0.724. The Labute approximate surface area is 141 Å². The normalized spacial score (nSPS) is 15.4. The summed E-state index contributed by atoms with van der Waals surface area (Å²) in [4.78, 5) is 9.49. The Balaban J connectivity index is 1.92. The number of benzene rings is 3. The fourth-order valence-electron chi connectivity index (χ4n) is 2.95. The minimum atomic E-state index is -0.671. The van der Waals surface area contributed by atoms with E-state index in [2.05, 4.69) is 34.6 Å². The van der Waals surface area contributed by atoms with Crippen molar-refractivity contribution in [1.82, 2.24) is 5.32 Å². The Morgan fingerprint density at radius 2 is 1.12 bits per heavy atom. The van der Waals surface area contributed by atoms with Crippen molar-refractivity contribution in [2.45, 2.75) is 5.66 Å². The molecule has 3 heteroatoms. The summed E-state index contributed by atoms with van der Waals surface area (Å²) in [6.45, 7) is 0. The van der Waals surface area contributed by atoms with Crippen LogP contribution in [0.25, 0.3) is 0 Å². The third-order valence-electron chi connectivity index (χ3n) is 4.15. The van der Waals surface area contributed by atoms with Crippen LogP contribution in [0.1, 0.15) is 16.7 Å². The highest BCUT2D eigenvalue weighted by Gasteiger charge is 2.35. The summed E-state index contributed by atoms with van der Waals surface area (Å²) in [6, 6.07) is 30.6. The van der Waals surface area contributed by atoms with Gasteiger partial charge in [0.15, 0.2) is 11.5 Å². The van der Waals surface area contributed by atoms with Crippen molar-refractivity contribution in [2.24, 2.45) is 9.98 Å². The summed E-state index contributed by atoms with van der Waals surface area (Å²) in [5, 5.41) is 3.39. The Morgan fingerprint density at radius 3 is 1.67 bits per heavy atom. The zero-order chi connectivity index (χ0) is 16.2. The molecule has 3 nitrogen and oxygen atoms in total. The smallest absolute Gasteiger partial charge is 0.184 e. The van der Waals surface area contributed by atoms with Gasteiger partial charge in [0.05, 0.1) is 6.34 Å². The average molecular weight is 311 g/mol. The number of amidine groups is 1. The fourth-order valence-corrected chi connectivity index (χ4v) is 2.95. The minimum absolute atomic E-state index is 0.671. The van der Waals surface area contributed by atoms with Gasteiger partial charge in [-0.25, -0.2) is 9.98 Å². The molecule has 3 aromatic rings. The van der Waals surface area contributed by atoms with Gasteiger partial charge in [-0.15, -0.1) is 0 Å². The number of nitrogens with one attached hydrogen (secondary N) is 1. The predicted octanol–water partition coefficient (Wildman–Crippen LogP) is 3.97. The van der Waals surface area contributed by atoms with Gasteiger partial charge in [0, 0.05) is 16.7 Å². The number of rotatable bonds is 3. The van der Waals surface area contributed by atoms with Gasteiger partial charge in [-0.2, -0.15) is 0 Å². The fraction of sp³-hybridized carbons (Fsp3) is 0.0476. The molecule has 0 atom stereocenters. The van der Waals surface area contributed by atoms with Gasteiger partial charge in [-0.05, 0) is 0 Å². The Bertz CT molecular complexity index is 829. The SMILES string of the molecule is C1=NC(c2ccccc2)=NC(c2ccccc2)(c2ccccc2)N1. The Morgan fingerprint density at radius 1 is 0.625 bits per heavy atom. The molecule has 3 aromatic carbocycles. The molecule has 0 saturated carbocycles. The minimum Gasteiger partial charge on any atom is -0.344 e. The van der Waals surface area contributed by atoms with E-state index in [1.807, 2.05) is 66.7 Å². The summed E-state index contributed by atoms with van der Waals surface area (Å²) in [5.41, 5.74) is 2.49. The molecule has 0 aliphatic carbocycles. The van der Waals surface area contributed by atoms with E-state index >= 15 is 0 Å². The number of hydrogen-bond acceptors (Lipinski definition) is 3. The van der Waals surface area contributed by atoms with E-state index in [0.29, 0.717) is 0 Å². The lowest BCUT2D eigenvalue weighted by Gasteiger charge is -2.33. The average Bonchev–Trinajstić information content (AvgIpc) is 2.70. The van der Waals surface area contributed by atoms with Crippen LogP contribution in [0.4, 0.5) is 0 Å². The summed E-state index contributed by atoms with van der Waals surface area (Å²) < 4.78 is 0. The maximum atomic E-state index is 5.03. The molecule has 0 bridgehead atoms. The van der Waals surface area contributed by atoms with Crippen LogP contribution in [-0.4, -0.2) is 12.2 Å². The molecule has 0 spiro atoms. The topological polar surface area (TPSA) is 36.8 Å². The highest BCUT2D eigenvalue weighted by molar-refractivity contribution is 6.04. The Kier molecular flexibility index (Phi) is 3.67.